The van der Waals surface area contributed by atoms with Gasteiger partial charge in [-0.15, -0.1) is 0 Å². The fourth-order valence-corrected chi connectivity index (χ4v) is 1.75. The van der Waals surface area contributed by atoms with E-state index in [1.54, 1.807) is 0 Å². The minimum absolute atomic E-state index is 0.919. The van der Waals surface area contributed by atoms with Crippen LogP contribution >= 0.6 is 0 Å². The molecule has 0 bridgehead atoms. The van der Waals surface area contributed by atoms with Gasteiger partial charge < -0.3 is 5.32 Å². The third-order valence-corrected chi connectivity index (χ3v) is 2.56. The van der Waals surface area contributed by atoms with E-state index in [-0.39, 0.29) is 0 Å². The highest BCUT2D eigenvalue weighted by Crippen LogP contribution is 2.10. The predicted octanol–water partition coefficient (Wildman–Crippen LogP) is 2.38. The highest BCUT2D eigenvalue weighted by Gasteiger charge is 2.01. The molecule has 1 N–H and O–H groups in total. The molecule has 0 saturated carbocycles. The van der Waals surface area contributed by atoms with Gasteiger partial charge in [-0.1, -0.05) is 30.3 Å². The number of rotatable bonds is 4. The summed E-state index contributed by atoms with van der Waals surface area (Å²) in [6, 6.07) is 10.5. The second-order valence-corrected chi connectivity index (χ2v) is 4.00. The maximum Gasteiger partial charge on any atom is 0.150 e. The van der Waals surface area contributed by atoms with Crippen LogP contribution in [-0.4, -0.2) is 16.3 Å². The van der Waals surface area contributed by atoms with E-state index >= 15 is 0 Å². The van der Waals surface area contributed by atoms with Gasteiger partial charge in [0.15, 0.2) is 5.82 Å². The van der Waals surface area contributed by atoms with Gasteiger partial charge in [-0.25, -0.2) is 0 Å². The summed E-state index contributed by atoms with van der Waals surface area (Å²) in [6.45, 7) is 2.99. The number of aromatic nitrogens is 2. The number of benzene rings is 1. The number of nitrogens with zero attached hydrogens (tertiary/aromatic N) is 2. The first kappa shape index (κ1) is 10.7. The van der Waals surface area contributed by atoms with Crippen molar-refractivity contribution < 1.29 is 0 Å². The second-order valence-electron chi connectivity index (χ2n) is 4.00. The van der Waals surface area contributed by atoms with Gasteiger partial charge in [0.1, 0.15) is 0 Å². The molecule has 0 unspecified atom stereocenters. The Labute approximate surface area is 96.1 Å². The molecule has 3 heteroatoms. The van der Waals surface area contributed by atoms with Crippen LogP contribution in [-0.2, 0) is 13.5 Å². The summed E-state index contributed by atoms with van der Waals surface area (Å²) in [5.74, 6) is 0.985. The molecule has 3 nitrogen and oxygen atoms in total. The van der Waals surface area contributed by atoms with Gasteiger partial charge in [0, 0.05) is 25.4 Å². The van der Waals surface area contributed by atoms with Gasteiger partial charge in [0.05, 0.1) is 0 Å². The molecule has 84 valence electrons. The molecule has 0 saturated heterocycles. The Morgan fingerprint density at radius 1 is 1.25 bits per heavy atom. The summed E-state index contributed by atoms with van der Waals surface area (Å²) in [5, 5.41) is 7.70. The van der Waals surface area contributed by atoms with Gasteiger partial charge in [0.2, 0.25) is 0 Å². The van der Waals surface area contributed by atoms with Gasteiger partial charge >= 0.3 is 0 Å². The van der Waals surface area contributed by atoms with Crippen molar-refractivity contribution >= 4 is 5.82 Å². The molecule has 0 aliphatic carbocycles. The number of hydrogen-bond acceptors (Lipinski definition) is 2. The Balaban J connectivity index is 1.87. The van der Waals surface area contributed by atoms with Crippen molar-refractivity contribution in [3.63, 3.8) is 0 Å². The predicted molar refractivity (Wildman–Crippen MR) is 66.6 cm³/mol. The van der Waals surface area contributed by atoms with E-state index in [0.29, 0.717) is 0 Å². The molecule has 0 aliphatic rings. The van der Waals surface area contributed by atoms with E-state index in [1.165, 1.54) is 11.1 Å². The van der Waals surface area contributed by atoms with Crippen LogP contribution in [0.1, 0.15) is 11.1 Å². The Morgan fingerprint density at radius 2 is 2.00 bits per heavy atom. The summed E-state index contributed by atoms with van der Waals surface area (Å²) in [6.07, 6.45) is 3.04. The first-order valence-corrected chi connectivity index (χ1v) is 5.54. The molecule has 0 radical (unpaired) electrons. The molecular weight excluding hydrogens is 198 g/mol. The average Bonchev–Trinajstić information content (AvgIpc) is 2.59. The van der Waals surface area contributed by atoms with Crippen molar-refractivity contribution in [2.45, 2.75) is 13.3 Å². The van der Waals surface area contributed by atoms with Crippen LogP contribution in [0.4, 0.5) is 5.82 Å². The highest BCUT2D eigenvalue weighted by atomic mass is 15.3. The van der Waals surface area contributed by atoms with Crippen molar-refractivity contribution in [3.8, 4) is 0 Å². The SMILES string of the molecule is Cc1cn(C)nc1NCCc1ccccc1. The zero-order valence-corrected chi connectivity index (χ0v) is 9.77. The van der Waals surface area contributed by atoms with Crippen LogP contribution in [0.3, 0.4) is 0 Å². The molecule has 2 rings (SSSR count). The van der Waals surface area contributed by atoms with Crippen LogP contribution < -0.4 is 5.32 Å². The molecular formula is C13H17N3. The van der Waals surface area contributed by atoms with E-state index in [4.69, 9.17) is 0 Å². The Bertz CT molecular complexity index is 445. The number of anilines is 1. The monoisotopic (exact) mass is 215 g/mol. The normalized spacial score (nSPS) is 10.4. The number of nitrogens with one attached hydrogen (secondary N) is 1. The maximum absolute atomic E-state index is 4.35. The van der Waals surface area contributed by atoms with E-state index in [9.17, 15) is 0 Å². The van der Waals surface area contributed by atoms with Gasteiger partial charge in [0.25, 0.3) is 0 Å². The zero-order valence-electron chi connectivity index (χ0n) is 9.77. The van der Waals surface area contributed by atoms with Gasteiger partial charge in [-0.2, -0.15) is 5.10 Å². The number of aryl methyl sites for hydroxylation is 2. The third-order valence-electron chi connectivity index (χ3n) is 2.56. The highest BCUT2D eigenvalue weighted by molar-refractivity contribution is 5.41. The van der Waals surface area contributed by atoms with Crippen molar-refractivity contribution in [1.29, 1.82) is 0 Å². The van der Waals surface area contributed by atoms with Crippen LogP contribution in [0.2, 0.25) is 0 Å². The molecule has 1 aromatic carbocycles. The van der Waals surface area contributed by atoms with Gasteiger partial charge in [-0.3, -0.25) is 4.68 Å². The van der Waals surface area contributed by atoms with Crippen molar-refractivity contribution in [2.24, 2.45) is 7.05 Å². The van der Waals surface area contributed by atoms with Crippen molar-refractivity contribution in [3.05, 3.63) is 47.7 Å². The van der Waals surface area contributed by atoms with E-state index in [0.717, 1.165) is 18.8 Å². The topological polar surface area (TPSA) is 29.9 Å². The lowest BCUT2D eigenvalue weighted by atomic mass is 10.1. The minimum Gasteiger partial charge on any atom is -0.368 e. The lowest BCUT2D eigenvalue weighted by Crippen LogP contribution is -2.06. The third kappa shape index (κ3) is 2.63. The summed E-state index contributed by atoms with van der Waals surface area (Å²) >= 11 is 0. The summed E-state index contributed by atoms with van der Waals surface area (Å²) in [7, 11) is 1.94. The van der Waals surface area contributed by atoms with Crippen LogP contribution in [0, 0.1) is 6.92 Å². The van der Waals surface area contributed by atoms with Crippen LogP contribution in [0.5, 0.6) is 0 Å². The smallest absolute Gasteiger partial charge is 0.150 e. The average molecular weight is 215 g/mol. The summed E-state index contributed by atoms with van der Waals surface area (Å²) in [5.41, 5.74) is 2.54. The maximum atomic E-state index is 4.35. The second kappa shape index (κ2) is 4.84. The summed E-state index contributed by atoms with van der Waals surface area (Å²) < 4.78 is 1.83. The Hall–Kier alpha value is -1.77. The van der Waals surface area contributed by atoms with Crippen LogP contribution in [0.25, 0.3) is 0 Å². The summed E-state index contributed by atoms with van der Waals surface area (Å²) in [4.78, 5) is 0. The largest absolute Gasteiger partial charge is 0.368 e. The fourth-order valence-electron chi connectivity index (χ4n) is 1.75. The quantitative estimate of drug-likeness (QED) is 0.848. The first-order valence-electron chi connectivity index (χ1n) is 5.54. The van der Waals surface area contributed by atoms with E-state index < -0.39 is 0 Å². The van der Waals surface area contributed by atoms with Crippen LogP contribution in [0.15, 0.2) is 36.5 Å². The van der Waals surface area contributed by atoms with E-state index in [2.05, 4.69) is 41.6 Å². The molecule has 1 heterocycles. The molecule has 0 aliphatic heterocycles. The minimum atomic E-state index is 0.919. The van der Waals surface area contributed by atoms with Crippen molar-refractivity contribution in [2.75, 3.05) is 11.9 Å². The lowest BCUT2D eigenvalue weighted by Gasteiger charge is -2.04. The Kier molecular flexibility index (Phi) is 3.25. The van der Waals surface area contributed by atoms with E-state index in [1.807, 2.05) is 24.0 Å². The fraction of sp³-hybridized carbons (Fsp3) is 0.308. The molecule has 0 spiro atoms. The molecule has 0 atom stereocenters. The molecule has 0 fully saturated rings. The number of hydrogen-bond donors (Lipinski definition) is 1. The molecule has 0 amide bonds. The first-order chi connectivity index (χ1) is 7.75. The Morgan fingerprint density at radius 3 is 2.62 bits per heavy atom. The zero-order chi connectivity index (χ0) is 11.4. The standard InChI is InChI=1S/C13H17N3/c1-11-10-16(2)15-13(11)14-9-8-12-6-4-3-5-7-12/h3-7,10H,8-9H2,1-2H3,(H,14,15). The van der Waals surface area contributed by atoms with Crippen molar-refractivity contribution in [1.82, 2.24) is 9.78 Å². The lowest BCUT2D eigenvalue weighted by molar-refractivity contribution is 0.767. The van der Waals surface area contributed by atoms with Gasteiger partial charge in [-0.05, 0) is 18.9 Å². The molecule has 1 aromatic heterocycles. The molecule has 16 heavy (non-hydrogen) atoms. The molecule has 2 aromatic rings.